The summed E-state index contributed by atoms with van der Waals surface area (Å²) in [6.07, 6.45) is 6.35. The van der Waals surface area contributed by atoms with Gasteiger partial charge in [0.1, 0.15) is 0 Å². The predicted octanol–water partition coefficient (Wildman–Crippen LogP) is 4.02. The Labute approximate surface area is 130 Å². The smallest absolute Gasteiger partial charge is 0.0504 e. The molecular weight excluding hydrogens is 256 g/mol. The summed E-state index contributed by atoms with van der Waals surface area (Å²) in [5.74, 6) is 0.873. The fourth-order valence-corrected chi connectivity index (χ4v) is 3.95. The molecule has 1 atom stereocenters. The molecule has 0 amide bonds. The normalized spacial score (nSPS) is 27.8. The van der Waals surface area contributed by atoms with Crippen molar-refractivity contribution in [3.05, 3.63) is 35.4 Å². The minimum Gasteiger partial charge on any atom is -0.311 e. The maximum absolute atomic E-state index is 3.62. The van der Waals surface area contributed by atoms with E-state index in [9.17, 15) is 0 Å². The average molecular weight is 288 g/mol. The molecule has 0 aromatic heterocycles. The van der Waals surface area contributed by atoms with Crippen molar-refractivity contribution in [1.29, 1.82) is 0 Å². The third kappa shape index (κ3) is 3.32. The summed E-state index contributed by atoms with van der Waals surface area (Å²) < 4.78 is 0. The Hall–Kier alpha value is -0.860. The van der Waals surface area contributed by atoms with Crippen LogP contribution in [0.4, 0.5) is 0 Å². The van der Waals surface area contributed by atoms with Crippen molar-refractivity contribution in [2.75, 3.05) is 21.1 Å². The van der Waals surface area contributed by atoms with Crippen molar-refractivity contribution >= 4 is 0 Å². The maximum atomic E-state index is 3.62. The molecule has 2 heteroatoms. The SMILES string of the molecule is CCc1ccc(C(NC)C2(N(C)C)CCC(C)CC2)cc1. The lowest BCUT2D eigenvalue weighted by Crippen LogP contribution is -2.55. The minimum absolute atomic E-state index is 0.245. The van der Waals surface area contributed by atoms with Crippen LogP contribution in [0.1, 0.15) is 56.7 Å². The van der Waals surface area contributed by atoms with E-state index in [1.807, 2.05) is 0 Å². The van der Waals surface area contributed by atoms with Gasteiger partial charge in [-0.2, -0.15) is 0 Å². The fraction of sp³-hybridized carbons (Fsp3) is 0.684. The van der Waals surface area contributed by atoms with Gasteiger partial charge in [0, 0.05) is 5.54 Å². The molecule has 0 radical (unpaired) electrons. The van der Waals surface area contributed by atoms with E-state index in [0.717, 1.165) is 12.3 Å². The van der Waals surface area contributed by atoms with Crippen LogP contribution in [0.25, 0.3) is 0 Å². The molecule has 1 N–H and O–H groups in total. The highest BCUT2D eigenvalue weighted by Crippen LogP contribution is 2.43. The number of hydrogen-bond donors (Lipinski definition) is 1. The number of benzene rings is 1. The third-order valence-electron chi connectivity index (χ3n) is 5.58. The van der Waals surface area contributed by atoms with E-state index in [4.69, 9.17) is 0 Å². The molecule has 0 aliphatic heterocycles. The van der Waals surface area contributed by atoms with Gasteiger partial charge < -0.3 is 10.2 Å². The van der Waals surface area contributed by atoms with Crippen LogP contribution in [-0.2, 0) is 6.42 Å². The van der Waals surface area contributed by atoms with Crippen LogP contribution in [0.2, 0.25) is 0 Å². The van der Waals surface area contributed by atoms with E-state index < -0.39 is 0 Å². The number of aryl methyl sites for hydroxylation is 1. The molecule has 118 valence electrons. The van der Waals surface area contributed by atoms with Gasteiger partial charge in [-0.3, -0.25) is 0 Å². The van der Waals surface area contributed by atoms with E-state index in [-0.39, 0.29) is 5.54 Å². The van der Waals surface area contributed by atoms with Crippen LogP contribution in [0.5, 0.6) is 0 Å². The summed E-state index contributed by atoms with van der Waals surface area (Å²) >= 11 is 0. The summed E-state index contributed by atoms with van der Waals surface area (Å²) in [5, 5.41) is 3.62. The molecule has 0 bridgehead atoms. The Morgan fingerprint density at radius 1 is 1.19 bits per heavy atom. The second-order valence-electron chi connectivity index (χ2n) is 7.00. The van der Waals surface area contributed by atoms with Gasteiger partial charge in [0.05, 0.1) is 6.04 Å². The Kier molecular flexibility index (Phi) is 5.45. The molecule has 2 nitrogen and oxygen atoms in total. The zero-order valence-electron chi connectivity index (χ0n) is 14.4. The lowest BCUT2D eigenvalue weighted by atomic mass is 9.70. The lowest BCUT2D eigenvalue weighted by Gasteiger charge is -2.50. The number of nitrogens with one attached hydrogen (secondary N) is 1. The second kappa shape index (κ2) is 6.93. The molecule has 1 aliphatic rings. The maximum Gasteiger partial charge on any atom is 0.0504 e. The molecule has 1 aromatic carbocycles. The second-order valence-corrected chi connectivity index (χ2v) is 7.00. The molecule has 21 heavy (non-hydrogen) atoms. The first-order chi connectivity index (χ1) is 10.0. The lowest BCUT2D eigenvalue weighted by molar-refractivity contribution is 0.0455. The van der Waals surface area contributed by atoms with Gasteiger partial charge in [0.15, 0.2) is 0 Å². The quantitative estimate of drug-likeness (QED) is 0.880. The molecule has 0 heterocycles. The van der Waals surface area contributed by atoms with Crippen LogP contribution in [0.3, 0.4) is 0 Å². The molecule has 0 saturated heterocycles. The van der Waals surface area contributed by atoms with Gasteiger partial charge in [-0.25, -0.2) is 0 Å². The van der Waals surface area contributed by atoms with Gasteiger partial charge in [0.25, 0.3) is 0 Å². The van der Waals surface area contributed by atoms with Crippen molar-refractivity contribution in [1.82, 2.24) is 10.2 Å². The molecule has 1 fully saturated rings. The topological polar surface area (TPSA) is 15.3 Å². The predicted molar refractivity (Wildman–Crippen MR) is 91.7 cm³/mol. The minimum atomic E-state index is 0.245. The summed E-state index contributed by atoms with van der Waals surface area (Å²) in [6.45, 7) is 4.61. The Morgan fingerprint density at radius 3 is 2.19 bits per heavy atom. The first-order valence-electron chi connectivity index (χ1n) is 8.47. The number of hydrogen-bond acceptors (Lipinski definition) is 2. The fourth-order valence-electron chi connectivity index (χ4n) is 3.95. The summed E-state index contributed by atoms with van der Waals surface area (Å²) in [5.41, 5.74) is 3.09. The largest absolute Gasteiger partial charge is 0.311 e. The van der Waals surface area contributed by atoms with Gasteiger partial charge in [-0.15, -0.1) is 0 Å². The molecule has 1 aromatic rings. The molecule has 1 saturated carbocycles. The number of rotatable bonds is 5. The van der Waals surface area contributed by atoms with Gasteiger partial charge in [-0.05, 0) is 70.3 Å². The molecule has 2 rings (SSSR count). The van der Waals surface area contributed by atoms with Gasteiger partial charge >= 0.3 is 0 Å². The Morgan fingerprint density at radius 2 is 1.76 bits per heavy atom. The standard InChI is InChI=1S/C19H32N2/c1-6-16-7-9-17(10-8-16)18(20-3)19(21(4)5)13-11-15(2)12-14-19/h7-10,15,18,20H,6,11-14H2,1-5H3. The van der Waals surface area contributed by atoms with Crippen LogP contribution in [-0.4, -0.2) is 31.6 Å². The first-order valence-corrected chi connectivity index (χ1v) is 8.47. The Bertz CT molecular complexity index is 427. The van der Waals surface area contributed by atoms with Crippen LogP contribution in [0.15, 0.2) is 24.3 Å². The number of likely N-dealkylation sites (N-methyl/N-ethyl adjacent to an activating group) is 2. The zero-order chi connectivity index (χ0) is 15.5. The monoisotopic (exact) mass is 288 g/mol. The third-order valence-corrected chi connectivity index (χ3v) is 5.58. The molecule has 1 aliphatic carbocycles. The summed E-state index contributed by atoms with van der Waals surface area (Å²) in [7, 11) is 6.61. The van der Waals surface area contributed by atoms with Crippen LogP contribution in [0, 0.1) is 5.92 Å². The van der Waals surface area contributed by atoms with E-state index >= 15 is 0 Å². The summed E-state index contributed by atoms with van der Waals surface area (Å²) in [4.78, 5) is 2.47. The highest BCUT2D eigenvalue weighted by atomic mass is 15.2. The van der Waals surface area contributed by atoms with Crippen molar-refractivity contribution in [2.45, 2.75) is 57.5 Å². The van der Waals surface area contributed by atoms with E-state index in [1.54, 1.807) is 0 Å². The van der Waals surface area contributed by atoms with E-state index in [1.165, 1.54) is 36.8 Å². The summed E-state index contributed by atoms with van der Waals surface area (Å²) in [6, 6.07) is 9.63. The Balaban J connectivity index is 2.31. The van der Waals surface area contributed by atoms with E-state index in [2.05, 4.69) is 69.5 Å². The molecule has 0 spiro atoms. The highest BCUT2D eigenvalue weighted by Gasteiger charge is 2.43. The van der Waals surface area contributed by atoms with Crippen molar-refractivity contribution in [2.24, 2.45) is 5.92 Å². The van der Waals surface area contributed by atoms with Crippen LogP contribution >= 0.6 is 0 Å². The van der Waals surface area contributed by atoms with E-state index in [0.29, 0.717) is 6.04 Å². The molecule has 1 unspecified atom stereocenters. The number of nitrogens with zero attached hydrogens (tertiary/aromatic N) is 1. The molecular formula is C19H32N2. The van der Waals surface area contributed by atoms with Gasteiger partial charge in [-0.1, -0.05) is 38.1 Å². The van der Waals surface area contributed by atoms with Crippen molar-refractivity contribution < 1.29 is 0 Å². The van der Waals surface area contributed by atoms with Gasteiger partial charge in [0.2, 0.25) is 0 Å². The van der Waals surface area contributed by atoms with Crippen molar-refractivity contribution in [3.63, 3.8) is 0 Å². The first kappa shape index (κ1) is 16.5. The highest BCUT2D eigenvalue weighted by molar-refractivity contribution is 5.28. The van der Waals surface area contributed by atoms with Crippen LogP contribution < -0.4 is 5.32 Å². The zero-order valence-corrected chi connectivity index (χ0v) is 14.4. The average Bonchev–Trinajstić information content (AvgIpc) is 2.50. The van der Waals surface area contributed by atoms with Crippen molar-refractivity contribution in [3.8, 4) is 0 Å².